The number of aryl methyl sites for hydroxylation is 1. The van der Waals surface area contributed by atoms with Gasteiger partial charge in [-0.2, -0.15) is 0 Å². The van der Waals surface area contributed by atoms with Crippen LogP contribution in [0.15, 0.2) is 41.0 Å². The molecule has 1 aromatic heterocycles. The summed E-state index contributed by atoms with van der Waals surface area (Å²) in [6.07, 6.45) is 1.58. The summed E-state index contributed by atoms with van der Waals surface area (Å²) in [5.41, 5.74) is 2.72. The molecule has 21 heavy (non-hydrogen) atoms. The number of halogens is 2. The van der Waals surface area contributed by atoms with Gasteiger partial charge in [0.15, 0.2) is 0 Å². The quantitative estimate of drug-likeness (QED) is 0.747. The highest BCUT2D eigenvalue weighted by molar-refractivity contribution is 9.10. The Morgan fingerprint density at radius 2 is 2.10 bits per heavy atom. The van der Waals surface area contributed by atoms with Gasteiger partial charge in [0, 0.05) is 23.8 Å². The summed E-state index contributed by atoms with van der Waals surface area (Å²) >= 11 is 9.37. The molecule has 0 atom stereocenters. The van der Waals surface area contributed by atoms with E-state index < -0.39 is 0 Å². The molecule has 0 bridgehead atoms. The van der Waals surface area contributed by atoms with Crippen molar-refractivity contribution in [2.75, 3.05) is 6.54 Å². The fourth-order valence-corrected chi connectivity index (χ4v) is 2.58. The number of amides is 1. The van der Waals surface area contributed by atoms with Gasteiger partial charge in [0.2, 0.25) is 0 Å². The molecule has 2 rings (SSSR count). The Morgan fingerprint density at radius 3 is 2.76 bits per heavy atom. The molecule has 0 spiro atoms. The van der Waals surface area contributed by atoms with Crippen molar-refractivity contribution in [3.63, 3.8) is 0 Å². The van der Waals surface area contributed by atoms with Gasteiger partial charge >= 0.3 is 0 Å². The lowest BCUT2D eigenvalue weighted by Gasteiger charge is -2.22. The van der Waals surface area contributed by atoms with Crippen molar-refractivity contribution in [2.24, 2.45) is 0 Å². The van der Waals surface area contributed by atoms with E-state index in [0.717, 1.165) is 10.0 Å². The Labute approximate surface area is 138 Å². The molecule has 0 aliphatic carbocycles. The van der Waals surface area contributed by atoms with Crippen LogP contribution in [0.2, 0.25) is 5.15 Å². The van der Waals surface area contributed by atoms with E-state index in [4.69, 9.17) is 11.6 Å². The fourth-order valence-electron chi connectivity index (χ4n) is 2.06. The van der Waals surface area contributed by atoms with E-state index in [0.29, 0.717) is 18.7 Å². The number of rotatable bonds is 4. The fraction of sp³-hybridized carbons (Fsp3) is 0.250. The molecule has 5 heteroatoms. The summed E-state index contributed by atoms with van der Waals surface area (Å²) in [6.45, 7) is 5.16. The minimum atomic E-state index is -0.112. The van der Waals surface area contributed by atoms with Crippen molar-refractivity contribution in [1.82, 2.24) is 9.88 Å². The van der Waals surface area contributed by atoms with Crippen LogP contribution in [0.4, 0.5) is 0 Å². The number of carbonyl (C=O) groups excluding carboxylic acids is 1. The molecule has 2 aromatic rings. The van der Waals surface area contributed by atoms with Crippen molar-refractivity contribution in [3.8, 4) is 0 Å². The monoisotopic (exact) mass is 366 g/mol. The molecule has 0 saturated heterocycles. The molecule has 0 fully saturated rings. The maximum atomic E-state index is 12.6. The molecule has 0 saturated carbocycles. The molecule has 3 nitrogen and oxygen atoms in total. The first-order valence-corrected chi connectivity index (χ1v) is 7.84. The Hall–Kier alpha value is -1.39. The van der Waals surface area contributed by atoms with Gasteiger partial charge in [-0.05, 0) is 47.0 Å². The summed E-state index contributed by atoms with van der Waals surface area (Å²) in [5, 5.41) is 0.228. The van der Waals surface area contributed by atoms with Gasteiger partial charge in [0.1, 0.15) is 5.15 Å². The smallest absolute Gasteiger partial charge is 0.257 e. The van der Waals surface area contributed by atoms with E-state index in [-0.39, 0.29) is 11.1 Å². The highest BCUT2D eigenvalue weighted by Crippen LogP contribution is 2.21. The molecule has 1 aromatic carbocycles. The summed E-state index contributed by atoms with van der Waals surface area (Å²) in [7, 11) is 0. The molecule has 1 heterocycles. The minimum absolute atomic E-state index is 0.112. The van der Waals surface area contributed by atoms with Crippen LogP contribution < -0.4 is 0 Å². The predicted molar refractivity (Wildman–Crippen MR) is 88.5 cm³/mol. The standard InChI is InChI=1S/C16H16BrClN2O/c1-3-20(10-12-7-5-4-6-11(12)2)16(21)14-8-13(17)9-19-15(14)18/h4-9H,3,10H2,1-2H3. The van der Waals surface area contributed by atoms with E-state index in [1.54, 1.807) is 17.2 Å². The molecule has 0 aliphatic heterocycles. The van der Waals surface area contributed by atoms with Gasteiger partial charge < -0.3 is 4.90 Å². The van der Waals surface area contributed by atoms with Gasteiger partial charge in [0.25, 0.3) is 5.91 Å². The molecule has 0 unspecified atom stereocenters. The lowest BCUT2D eigenvalue weighted by molar-refractivity contribution is 0.0752. The van der Waals surface area contributed by atoms with Crippen LogP contribution in [0, 0.1) is 6.92 Å². The highest BCUT2D eigenvalue weighted by atomic mass is 79.9. The van der Waals surface area contributed by atoms with Crippen molar-refractivity contribution >= 4 is 33.4 Å². The van der Waals surface area contributed by atoms with E-state index in [9.17, 15) is 4.79 Å². The Morgan fingerprint density at radius 1 is 1.38 bits per heavy atom. The van der Waals surface area contributed by atoms with E-state index in [1.165, 1.54) is 5.56 Å². The number of nitrogens with zero attached hydrogens (tertiary/aromatic N) is 2. The molecule has 0 N–H and O–H groups in total. The second-order valence-corrected chi connectivity index (χ2v) is 6.01. The van der Waals surface area contributed by atoms with E-state index in [2.05, 4.69) is 20.9 Å². The van der Waals surface area contributed by atoms with Crippen LogP contribution in [-0.2, 0) is 6.54 Å². The lowest BCUT2D eigenvalue weighted by Crippen LogP contribution is -2.31. The van der Waals surface area contributed by atoms with E-state index >= 15 is 0 Å². The molecule has 0 radical (unpaired) electrons. The first-order valence-electron chi connectivity index (χ1n) is 6.67. The summed E-state index contributed by atoms with van der Waals surface area (Å²) in [5.74, 6) is -0.112. The van der Waals surface area contributed by atoms with Gasteiger partial charge in [-0.25, -0.2) is 4.98 Å². The van der Waals surface area contributed by atoms with Gasteiger partial charge in [-0.3, -0.25) is 4.79 Å². The van der Waals surface area contributed by atoms with Crippen molar-refractivity contribution in [2.45, 2.75) is 20.4 Å². The maximum absolute atomic E-state index is 12.6. The van der Waals surface area contributed by atoms with Gasteiger partial charge in [0.05, 0.1) is 5.56 Å². The average molecular weight is 368 g/mol. The number of hydrogen-bond donors (Lipinski definition) is 0. The van der Waals surface area contributed by atoms with Gasteiger partial charge in [-0.15, -0.1) is 0 Å². The zero-order valence-electron chi connectivity index (χ0n) is 11.9. The Bertz CT molecular complexity index is 660. The molecular weight excluding hydrogens is 352 g/mol. The number of carbonyl (C=O) groups is 1. The third kappa shape index (κ3) is 3.83. The second-order valence-electron chi connectivity index (χ2n) is 4.74. The second kappa shape index (κ2) is 7.05. The first kappa shape index (κ1) is 16.0. The largest absolute Gasteiger partial charge is 0.334 e. The molecule has 1 amide bonds. The summed E-state index contributed by atoms with van der Waals surface area (Å²) < 4.78 is 0.738. The predicted octanol–water partition coefficient (Wildman–Crippen LogP) is 4.47. The van der Waals surface area contributed by atoms with Crippen LogP contribution in [0.3, 0.4) is 0 Å². The zero-order valence-corrected chi connectivity index (χ0v) is 14.3. The first-order chi connectivity index (χ1) is 10.0. The molecular formula is C16H16BrClN2O. The topological polar surface area (TPSA) is 33.2 Å². The summed E-state index contributed by atoms with van der Waals surface area (Å²) in [4.78, 5) is 18.4. The van der Waals surface area contributed by atoms with Crippen LogP contribution in [-0.4, -0.2) is 22.3 Å². The lowest BCUT2D eigenvalue weighted by atomic mass is 10.1. The molecule has 0 aliphatic rings. The Balaban J connectivity index is 2.27. The zero-order chi connectivity index (χ0) is 15.4. The number of pyridine rings is 1. The van der Waals surface area contributed by atoms with E-state index in [1.807, 2.05) is 38.1 Å². The minimum Gasteiger partial charge on any atom is -0.334 e. The van der Waals surface area contributed by atoms with Crippen LogP contribution in [0.1, 0.15) is 28.4 Å². The third-order valence-electron chi connectivity index (χ3n) is 3.33. The van der Waals surface area contributed by atoms with Crippen molar-refractivity contribution < 1.29 is 4.79 Å². The normalized spacial score (nSPS) is 10.5. The SMILES string of the molecule is CCN(Cc1ccccc1C)C(=O)c1cc(Br)cnc1Cl. The van der Waals surface area contributed by atoms with Crippen LogP contribution >= 0.6 is 27.5 Å². The number of hydrogen-bond acceptors (Lipinski definition) is 2. The van der Waals surface area contributed by atoms with Crippen LogP contribution in [0.5, 0.6) is 0 Å². The maximum Gasteiger partial charge on any atom is 0.257 e. The number of aromatic nitrogens is 1. The highest BCUT2D eigenvalue weighted by Gasteiger charge is 2.19. The number of benzene rings is 1. The van der Waals surface area contributed by atoms with Crippen molar-refractivity contribution in [1.29, 1.82) is 0 Å². The third-order valence-corrected chi connectivity index (χ3v) is 4.06. The van der Waals surface area contributed by atoms with Gasteiger partial charge in [-0.1, -0.05) is 35.9 Å². The molecule has 110 valence electrons. The average Bonchev–Trinajstić information content (AvgIpc) is 2.48. The summed E-state index contributed by atoms with van der Waals surface area (Å²) in [6, 6.07) is 9.76. The Kier molecular flexibility index (Phi) is 5.37. The van der Waals surface area contributed by atoms with Crippen molar-refractivity contribution in [3.05, 3.63) is 62.8 Å². The van der Waals surface area contributed by atoms with Crippen LogP contribution in [0.25, 0.3) is 0 Å².